The van der Waals surface area contributed by atoms with Crippen molar-refractivity contribution < 1.29 is 14.2 Å². The molecule has 2 aromatic carbocycles. The van der Waals surface area contributed by atoms with Crippen LogP contribution < -0.4 is 25.3 Å². The van der Waals surface area contributed by atoms with Gasteiger partial charge in [0.25, 0.3) is 0 Å². The lowest BCUT2D eigenvalue weighted by Crippen LogP contribution is -2.24. The number of guanidine groups is 1. The Morgan fingerprint density at radius 2 is 1.72 bits per heavy atom. The van der Waals surface area contributed by atoms with E-state index >= 15 is 0 Å². The molecule has 6 heteroatoms. The molecule has 2 rings (SSSR count). The van der Waals surface area contributed by atoms with E-state index in [9.17, 15) is 0 Å². The van der Waals surface area contributed by atoms with Crippen molar-refractivity contribution in [3.05, 3.63) is 48.5 Å². The minimum Gasteiger partial charge on any atom is -0.494 e. The van der Waals surface area contributed by atoms with Crippen LogP contribution in [0.4, 0.5) is 5.69 Å². The predicted octanol–water partition coefficient (Wildman–Crippen LogP) is 3.29. The quantitative estimate of drug-likeness (QED) is 0.415. The van der Waals surface area contributed by atoms with Crippen LogP contribution in [0.5, 0.6) is 17.2 Å². The third-order valence-corrected chi connectivity index (χ3v) is 3.21. The molecule has 6 nitrogen and oxygen atoms in total. The molecule has 0 aliphatic rings. The van der Waals surface area contributed by atoms with E-state index in [2.05, 4.69) is 10.3 Å². The van der Waals surface area contributed by atoms with Crippen LogP contribution in [0.3, 0.4) is 0 Å². The maximum atomic E-state index is 5.96. The topological polar surface area (TPSA) is 78.1 Å². The van der Waals surface area contributed by atoms with Gasteiger partial charge in [0.2, 0.25) is 0 Å². The third kappa shape index (κ3) is 6.25. The van der Waals surface area contributed by atoms with Crippen LogP contribution >= 0.6 is 0 Å². The summed E-state index contributed by atoms with van der Waals surface area (Å²) in [6.45, 7) is 5.91. The molecule has 0 saturated carbocycles. The van der Waals surface area contributed by atoms with Gasteiger partial charge in [-0.15, -0.1) is 0 Å². The summed E-state index contributed by atoms with van der Waals surface area (Å²) in [5.41, 5.74) is 6.68. The average molecular weight is 343 g/mol. The number of aliphatic imine (C=N–C) groups is 1. The van der Waals surface area contributed by atoms with E-state index in [1.807, 2.05) is 62.4 Å². The highest BCUT2D eigenvalue weighted by atomic mass is 16.5. The summed E-state index contributed by atoms with van der Waals surface area (Å²) in [4.78, 5) is 4.27. The van der Waals surface area contributed by atoms with Crippen molar-refractivity contribution in [1.82, 2.24) is 0 Å². The van der Waals surface area contributed by atoms with Gasteiger partial charge in [0, 0.05) is 6.07 Å². The van der Waals surface area contributed by atoms with Gasteiger partial charge in [-0.1, -0.05) is 18.2 Å². The largest absolute Gasteiger partial charge is 0.494 e. The van der Waals surface area contributed by atoms with E-state index in [0.29, 0.717) is 38.1 Å². The van der Waals surface area contributed by atoms with Crippen molar-refractivity contribution in [1.29, 1.82) is 0 Å². The van der Waals surface area contributed by atoms with Gasteiger partial charge < -0.3 is 25.3 Å². The lowest BCUT2D eigenvalue weighted by molar-refractivity contribution is 0.328. The number of para-hydroxylation sites is 1. The third-order valence-electron chi connectivity index (χ3n) is 3.21. The molecule has 134 valence electrons. The Balaban J connectivity index is 1.93. The summed E-state index contributed by atoms with van der Waals surface area (Å²) in [6, 6.07) is 15.2. The average Bonchev–Trinajstić information content (AvgIpc) is 2.62. The summed E-state index contributed by atoms with van der Waals surface area (Å²) in [5, 5.41) is 3.06. The standard InChI is InChI=1S/C19H25N3O3/c1-3-23-16-10-11-18(24-4-2)17(14-16)22-19(20)21-12-13-25-15-8-6-5-7-9-15/h5-11,14H,3-4,12-13H2,1-2H3,(H3,20,21,22). The van der Waals surface area contributed by atoms with Crippen molar-refractivity contribution in [2.45, 2.75) is 13.8 Å². The molecule has 0 radical (unpaired) electrons. The zero-order valence-electron chi connectivity index (χ0n) is 14.7. The van der Waals surface area contributed by atoms with Gasteiger partial charge in [-0.3, -0.25) is 0 Å². The molecule has 0 unspecified atom stereocenters. The molecule has 0 aliphatic carbocycles. The van der Waals surface area contributed by atoms with Crippen molar-refractivity contribution in [3.8, 4) is 17.2 Å². The van der Waals surface area contributed by atoms with E-state index in [1.165, 1.54) is 0 Å². The van der Waals surface area contributed by atoms with Crippen LogP contribution in [0.25, 0.3) is 0 Å². The van der Waals surface area contributed by atoms with Gasteiger partial charge in [-0.05, 0) is 38.1 Å². The van der Waals surface area contributed by atoms with Crippen LogP contribution in [0.1, 0.15) is 13.8 Å². The fraction of sp³-hybridized carbons (Fsp3) is 0.316. The number of hydrogen-bond donors (Lipinski definition) is 2. The first-order valence-electron chi connectivity index (χ1n) is 8.37. The van der Waals surface area contributed by atoms with E-state index in [4.69, 9.17) is 19.9 Å². The molecule has 0 saturated heterocycles. The van der Waals surface area contributed by atoms with Gasteiger partial charge in [-0.25, -0.2) is 4.99 Å². The Labute approximate surface area is 148 Å². The van der Waals surface area contributed by atoms with Crippen LogP contribution in [0.2, 0.25) is 0 Å². The number of anilines is 1. The van der Waals surface area contributed by atoms with Crippen molar-refractivity contribution >= 4 is 11.6 Å². The number of hydrogen-bond acceptors (Lipinski definition) is 4. The smallest absolute Gasteiger partial charge is 0.193 e. The molecular formula is C19H25N3O3. The Bertz CT molecular complexity index is 675. The van der Waals surface area contributed by atoms with Crippen LogP contribution in [-0.4, -0.2) is 32.3 Å². The lowest BCUT2D eigenvalue weighted by atomic mass is 10.2. The SMILES string of the molecule is CCOc1ccc(OCC)c(NC(N)=NCCOc2ccccc2)c1. The Hall–Kier alpha value is -2.89. The first-order valence-corrected chi connectivity index (χ1v) is 8.37. The van der Waals surface area contributed by atoms with Gasteiger partial charge in [0.15, 0.2) is 5.96 Å². The minimum absolute atomic E-state index is 0.297. The molecule has 2 aromatic rings. The second-order valence-electron chi connectivity index (χ2n) is 5.08. The molecule has 0 amide bonds. The van der Waals surface area contributed by atoms with Gasteiger partial charge >= 0.3 is 0 Å². The molecule has 0 aromatic heterocycles. The fourth-order valence-corrected chi connectivity index (χ4v) is 2.17. The number of ether oxygens (including phenoxy) is 3. The highest BCUT2D eigenvalue weighted by Gasteiger charge is 2.07. The number of nitrogens with one attached hydrogen (secondary N) is 1. The van der Waals surface area contributed by atoms with E-state index in [1.54, 1.807) is 0 Å². The minimum atomic E-state index is 0.297. The van der Waals surface area contributed by atoms with E-state index in [-0.39, 0.29) is 0 Å². The summed E-state index contributed by atoms with van der Waals surface area (Å²) in [7, 11) is 0. The molecule has 0 atom stereocenters. The highest BCUT2D eigenvalue weighted by molar-refractivity contribution is 5.94. The fourth-order valence-electron chi connectivity index (χ4n) is 2.17. The van der Waals surface area contributed by atoms with Crippen molar-refractivity contribution in [3.63, 3.8) is 0 Å². The first kappa shape index (κ1) is 18.4. The summed E-state index contributed by atoms with van der Waals surface area (Å²) < 4.78 is 16.7. The monoisotopic (exact) mass is 343 g/mol. The Morgan fingerprint density at radius 3 is 2.44 bits per heavy atom. The summed E-state index contributed by atoms with van der Waals surface area (Å²) in [5.74, 6) is 2.55. The number of benzene rings is 2. The lowest BCUT2D eigenvalue weighted by Gasteiger charge is -2.14. The number of nitrogens with two attached hydrogens (primary N) is 1. The van der Waals surface area contributed by atoms with Gasteiger partial charge in [-0.2, -0.15) is 0 Å². The molecule has 25 heavy (non-hydrogen) atoms. The molecule has 0 heterocycles. The Morgan fingerprint density at radius 1 is 0.960 bits per heavy atom. The second kappa shape index (κ2) is 10.1. The summed E-state index contributed by atoms with van der Waals surface area (Å²) >= 11 is 0. The molecule has 0 fully saturated rings. The molecule has 0 aliphatic heterocycles. The zero-order valence-corrected chi connectivity index (χ0v) is 14.7. The Kier molecular flexibility index (Phi) is 7.43. The molecule has 3 N–H and O–H groups in total. The maximum Gasteiger partial charge on any atom is 0.193 e. The van der Waals surface area contributed by atoms with Crippen molar-refractivity contribution in [2.75, 3.05) is 31.7 Å². The van der Waals surface area contributed by atoms with E-state index in [0.717, 1.165) is 17.2 Å². The van der Waals surface area contributed by atoms with Crippen LogP contribution in [-0.2, 0) is 0 Å². The molecular weight excluding hydrogens is 318 g/mol. The van der Waals surface area contributed by atoms with Crippen LogP contribution in [0.15, 0.2) is 53.5 Å². The van der Waals surface area contributed by atoms with Crippen LogP contribution in [0, 0.1) is 0 Å². The predicted molar refractivity (Wildman–Crippen MR) is 101 cm³/mol. The molecule has 0 spiro atoms. The zero-order chi connectivity index (χ0) is 17.9. The summed E-state index contributed by atoms with van der Waals surface area (Å²) in [6.07, 6.45) is 0. The normalized spacial score (nSPS) is 11.0. The number of rotatable bonds is 9. The molecule has 0 bridgehead atoms. The maximum absolute atomic E-state index is 5.96. The second-order valence-corrected chi connectivity index (χ2v) is 5.08. The van der Waals surface area contributed by atoms with E-state index < -0.39 is 0 Å². The van der Waals surface area contributed by atoms with Gasteiger partial charge in [0.05, 0.1) is 25.4 Å². The van der Waals surface area contributed by atoms with Gasteiger partial charge in [0.1, 0.15) is 23.9 Å². The number of nitrogens with zero attached hydrogens (tertiary/aromatic N) is 1. The first-order chi connectivity index (χ1) is 12.2. The van der Waals surface area contributed by atoms with Crippen molar-refractivity contribution in [2.24, 2.45) is 10.7 Å². The highest BCUT2D eigenvalue weighted by Crippen LogP contribution is 2.29.